The molecule has 2 N–H and O–H groups in total. The molecular formula is C13H18ClFN2O. The summed E-state index contributed by atoms with van der Waals surface area (Å²) in [5, 5.41) is 0.426. The molecule has 1 fully saturated rings. The van der Waals surface area contributed by atoms with Crippen molar-refractivity contribution in [3.63, 3.8) is 0 Å². The quantitative estimate of drug-likeness (QED) is 0.910. The van der Waals surface area contributed by atoms with Crippen LogP contribution in [0.25, 0.3) is 0 Å². The van der Waals surface area contributed by atoms with Crippen LogP contribution in [0.3, 0.4) is 0 Å². The lowest BCUT2D eigenvalue weighted by molar-refractivity contribution is -0.0320. The van der Waals surface area contributed by atoms with E-state index in [9.17, 15) is 4.39 Å². The molecule has 1 saturated heterocycles. The lowest BCUT2D eigenvalue weighted by atomic mass is 10.0. The van der Waals surface area contributed by atoms with E-state index in [4.69, 9.17) is 22.1 Å². The minimum atomic E-state index is -0.304. The van der Waals surface area contributed by atoms with Crippen molar-refractivity contribution in [2.75, 3.05) is 26.7 Å². The van der Waals surface area contributed by atoms with Crippen LogP contribution in [-0.4, -0.2) is 43.8 Å². The van der Waals surface area contributed by atoms with E-state index in [1.54, 1.807) is 12.1 Å². The highest BCUT2D eigenvalue weighted by Gasteiger charge is 2.25. The molecule has 18 heavy (non-hydrogen) atoms. The molecule has 2 atom stereocenters. The Kier molecular flexibility index (Phi) is 4.56. The van der Waals surface area contributed by atoms with Crippen molar-refractivity contribution in [3.05, 3.63) is 34.6 Å². The van der Waals surface area contributed by atoms with Crippen LogP contribution >= 0.6 is 11.6 Å². The molecular weight excluding hydrogens is 255 g/mol. The molecule has 2 rings (SSSR count). The average molecular weight is 273 g/mol. The highest BCUT2D eigenvalue weighted by Crippen LogP contribution is 2.21. The fourth-order valence-electron chi connectivity index (χ4n) is 2.16. The summed E-state index contributed by atoms with van der Waals surface area (Å²) >= 11 is 5.99. The summed E-state index contributed by atoms with van der Waals surface area (Å²) in [7, 11) is 2.03. The molecule has 1 heterocycles. The zero-order chi connectivity index (χ0) is 13.1. The van der Waals surface area contributed by atoms with Crippen LogP contribution in [-0.2, 0) is 11.2 Å². The number of benzene rings is 1. The van der Waals surface area contributed by atoms with Crippen molar-refractivity contribution in [1.29, 1.82) is 0 Å². The van der Waals surface area contributed by atoms with Crippen LogP contribution in [0, 0.1) is 5.82 Å². The van der Waals surface area contributed by atoms with E-state index in [2.05, 4.69) is 4.90 Å². The molecule has 1 aromatic carbocycles. The maximum atomic E-state index is 13.7. The molecule has 2 unspecified atom stereocenters. The number of morpholine rings is 1. The van der Waals surface area contributed by atoms with Crippen molar-refractivity contribution in [2.45, 2.75) is 18.6 Å². The Bertz CT molecular complexity index is 396. The van der Waals surface area contributed by atoms with E-state index in [0.717, 1.165) is 13.1 Å². The van der Waals surface area contributed by atoms with Gasteiger partial charge in [0.25, 0.3) is 0 Å². The largest absolute Gasteiger partial charge is 0.374 e. The number of nitrogens with zero attached hydrogens (tertiary/aromatic N) is 1. The molecule has 1 aliphatic heterocycles. The number of halogens is 2. The van der Waals surface area contributed by atoms with E-state index in [1.807, 2.05) is 7.05 Å². The van der Waals surface area contributed by atoms with Crippen LogP contribution in [0.4, 0.5) is 4.39 Å². The molecule has 0 aromatic heterocycles. The summed E-state index contributed by atoms with van der Waals surface area (Å²) in [5.74, 6) is -0.304. The molecule has 0 amide bonds. The third-order valence-corrected chi connectivity index (χ3v) is 3.63. The molecule has 0 radical (unpaired) electrons. The molecule has 0 spiro atoms. The van der Waals surface area contributed by atoms with E-state index in [0.29, 0.717) is 23.6 Å². The van der Waals surface area contributed by atoms with E-state index in [-0.39, 0.29) is 18.0 Å². The van der Waals surface area contributed by atoms with Crippen molar-refractivity contribution in [1.82, 2.24) is 4.90 Å². The lowest BCUT2D eigenvalue weighted by Crippen LogP contribution is -2.50. The predicted octanol–water partition coefficient (Wildman–Crippen LogP) is 1.68. The highest BCUT2D eigenvalue weighted by molar-refractivity contribution is 6.31. The smallest absolute Gasteiger partial charge is 0.127 e. The van der Waals surface area contributed by atoms with Crippen LogP contribution in [0.2, 0.25) is 5.02 Å². The number of ether oxygens (including phenoxy) is 1. The molecule has 100 valence electrons. The molecule has 1 aromatic rings. The Balaban J connectivity index is 2.04. The number of nitrogens with two attached hydrogens (primary N) is 1. The Labute approximate surface area is 112 Å². The molecule has 5 heteroatoms. The predicted molar refractivity (Wildman–Crippen MR) is 70.3 cm³/mol. The van der Waals surface area contributed by atoms with Gasteiger partial charge >= 0.3 is 0 Å². The third-order valence-electron chi connectivity index (χ3n) is 3.28. The van der Waals surface area contributed by atoms with Crippen LogP contribution < -0.4 is 5.73 Å². The van der Waals surface area contributed by atoms with Gasteiger partial charge in [0.15, 0.2) is 0 Å². The number of hydrogen-bond acceptors (Lipinski definition) is 3. The summed E-state index contributed by atoms with van der Waals surface area (Å²) in [6.45, 7) is 2.34. The summed E-state index contributed by atoms with van der Waals surface area (Å²) in [6, 6.07) is 4.43. The van der Waals surface area contributed by atoms with Gasteiger partial charge in [-0.25, -0.2) is 4.39 Å². The topological polar surface area (TPSA) is 38.5 Å². The molecule has 0 aliphatic carbocycles. The van der Waals surface area contributed by atoms with Crippen LogP contribution in [0.1, 0.15) is 5.56 Å². The number of hydrogen-bond donors (Lipinski definition) is 1. The van der Waals surface area contributed by atoms with Gasteiger partial charge in [-0.2, -0.15) is 0 Å². The number of likely N-dealkylation sites (N-methyl/N-ethyl adjacent to an activating group) is 1. The molecule has 3 nitrogen and oxygen atoms in total. The minimum Gasteiger partial charge on any atom is -0.374 e. The van der Waals surface area contributed by atoms with Crippen molar-refractivity contribution < 1.29 is 9.13 Å². The van der Waals surface area contributed by atoms with Gasteiger partial charge < -0.3 is 15.4 Å². The van der Waals surface area contributed by atoms with Gasteiger partial charge in [-0.1, -0.05) is 17.7 Å². The Morgan fingerprint density at radius 2 is 2.39 bits per heavy atom. The van der Waals surface area contributed by atoms with Crippen molar-refractivity contribution in [2.24, 2.45) is 5.73 Å². The second-order valence-corrected chi connectivity index (χ2v) is 5.15. The molecule has 1 aliphatic rings. The summed E-state index contributed by atoms with van der Waals surface area (Å²) in [6.07, 6.45) is 0.323. The summed E-state index contributed by atoms with van der Waals surface area (Å²) in [4.78, 5) is 2.16. The first kappa shape index (κ1) is 13.7. The van der Waals surface area contributed by atoms with Gasteiger partial charge in [-0.3, -0.25) is 0 Å². The number of rotatable bonds is 3. The zero-order valence-corrected chi connectivity index (χ0v) is 11.2. The molecule has 0 bridgehead atoms. The Hall–Kier alpha value is -0.680. The standard InChI is InChI=1S/C13H18ClFN2O/c1-17-5-6-18-13(8-17)12(16)7-9-10(14)3-2-4-11(9)15/h2-4,12-13H,5-8,16H2,1H3. The second kappa shape index (κ2) is 5.97. The van der Waals surface area contributed by atoms with Gasteiger partial charge in [0.2, 0.25) is 0 Å². The summed E-state index contributed by atoms with van der Waals surface area (Å²) in [5.41, 5.74) is 6.58. The maximum Gasteiger partial charge on any atom is 0.127 e. The molecule has 0 saturated carbocycles. The maximum absolute atomic E-state index is 13.7. The van der Waals surface area contributed by atoms with E-state index < -0.39 is 0 Å². The van der Waals surface area contributed by atoms with Crippen LogP contribution in [0.15, 0.2) is 18.2 Å². The Morgan fingerprint density at radius 1 is 1.61 bits per heavy atom. The first-order valence-corrected chi connectivity index (χ1v) is 6.44. The summed E-state index contributed by atoms with van der Waals surface area (Å²) < 4.78 is 19.3. The average Bonchev–Trinajstić information content (AvgIpc) is 2.34. The SMILES string of the molecule is CN1CCOC(C(N)Cc2c(F)cccc2Cl)C1. The van der Waals surface area contributed by atoms with Crippen molar-refractivity contribution >= 4 is 11.6 Å². The van der Waals surface area contributed by atoms with Crippen LogP contribution in [0.5, 0.6) is 0 Å². The monoisotopic (exact) mass is 272 g/mol. The fraction of sp³-hybridized carbons (Fsp3) is 0.538. The second-order valence-electron chi connectivity index (χ2n) is 4.74. The van der Waals surface area contributed by atoms with Gasteiger partial charge in [-0.15, -0.1) is 0 Å². The van der Waals surface area contributed by atoms with Gasteiger partial charge in [0.1, 0.15) is 5.82 Å². The first-order valence-electron chi connectivity index (χ1n) is 6.06. The van der Waals surface area contributed by atoms with E-state index >= 15 is 0 Å². The van der Waals surface area contributed by atoms with Crippen molar-refractivity contribution in [3.8, 4) is 0 Å². The normalized spacial score (nSPS) is 23.0. The van der Waals surface area contributed by atoms with Gasteiger partial charge in [-0.05, 0) is 25.6 Å². The zero-order valence-electron chi connectivity index (χ0n) is 10.4. The lowest BCUT2D eigenvalue weighted by Gasteiger charge is -2.33. The third kappa shape index (κ3) is 3.20. The van der Waals surface area contributed by atoms with E-state index in [1.165, 1.54) is 6.07 Å². The fourth-order valence-corrected chi connectivity index (χ4v) is 2.40. The minimum absolute atomic E-state index is 0.0700. The highest BCUT2D eigenvalue weighted by atomic mass is 35.5. The Morgan fingerprint density at radius 3 is 3.06 bits per heavy atom. The van der Waals surface area contributed by atoms with Gasteiger partial charge in [0, 0.05) is 29.7 Å². The first-order chi connectivity index (χ1) is 8.58. The van der Waals surface area contributed by atoms with Gasteiger partial charge in [0.05, 0.1) is 12.7 Å².